The van der Waals surface area contributed by atoms with Crippen molar-refractivity contribution in [2.45, 2.75) is 18.9 Å². The molecular weight excluding hydrogens is 270 g/mol. The Morgan fingerprint density at radius 1 is 1.15 bits per heavy atom. The van der Waals surface area contributed by atoms with E-state index in [1.807, 2.05) is 31.3 Å². The zero-order chi connectivity index (χ0) is 14.4. The first-order valence-corrected chi connectivity index (χ1v) is 7.17. The molecule has 0 heterocycles. The summed E-state index contributed by atoms with van der Waals surface area (Å²) in [7, 11) is 3.69. The molecule has 3 heteroatoms. The third-order valence-corrected chi connectivity index (χ3v) is 3.73. The van der Waals surface area contributed by atoms with Crippen molar-refractivity contribution in [3.63, 3.8) is 0 Å². The van der Waals surface area contributed by atoms with Crippen molar-refractivity contribution >= 4 is 11.6 Å². The Bertz CT molecular complexity index is 542. The van der Waals surface area contributed by atoms with E-state index in [1.54, 1.807) is 7.11 Å². The van der Waals surface area contributed by atoms with Crippen molar-refractivity contribution < 1.29 is 4.74 Å². The number of hydrogen-bond donors (Lipinski definition) is 1. The Kier molecular flexibility index (Phi) is 5.45. The summed E-state index contributed by atoms with van der Waals surface area (Å²) in [5.41, 5.74) is 2.45. The number of rotatable bonds is 6. The highest BCUT2D eigenvalue weighted by Crippen LogP contribution is 2.26. The van der Waals surface area contributed by atoms with E-state index in [0.29, 0.717) is 6.04 Å². The largest absolute Gasteiger partial charge is 0.496 e. The lowest BCUT2D eigenvalue weighted by Gasteiger charge is -2.17. The summed E-state index contributed by atoms with van der Waals surface area (Å²) < 4.78 is 5.39. The summed E-state index contributed by atoms with van der Waals surface area (Å²) >= 11 is 6.07. The highest BCUT2D eigenvalue weighted by atomic mass is 35.5. The normalized spacial score (nSPS) is 12.2. The topological polar surface area (TPSA) is 21.3 Å². The van der Waals surface area contributed by atoms with Crippen molar-refractivity contribution in [2.75, 3.05) is 14.2 Å². The lowest BCUT2D eigenvalue weighted by Crippen LogP contribution is -2.17. The summed E-state index contributed by atoms with van der Waals surface area (Å²) in [6, 6.07) is 16.6. The van der Waals surface area contributed by atoms with Crippen LogP contribution >= 0.6 is 11.6 Å². The average Bonchev–Trinajstić information content (AvgIpc) is 2.49. The molecule has 20 heavy (non-hydrogen) atoms. The van der Waals surface area contributed by atoms with E-state index in [0.717, 1.165) is 29.2 Å². The molecule has 2 nitrogen and oxygen atoms in total. The Hall–Kier alpha value is -1.51. The summed E-state index contributed by atoms with van der Waals surface area (Å²) in [6.07, 6.45) is 1.92. The van der Waals surface area contributed by atoms with Crippen LogP contribution in [0.2, 0.25) is 5.02 Å². The molecule has 2 aromatic rings. The molecular formula is C17H20ClNO. The zero-order valence-electron chi connectivity index (χ0n) is 11.9. The van der Waals surface area contributed by atoms with Gasteiger partial charge in [-0.15, -0.1) is 0 Å². The van der Waals surface area contributed by atoms with E-state index in [1.165, 1.54) is 5.56 Å². The number of methoxy groups -OCH3 is 1. The highest BCUT2D eigenvalue weighted by molar-refractivity contribution is 6.30. The molecule has 0 fully saturated rings. The Balaban J connectivity index is 2.09. The summed E-state index contributed by atoms with van der Waals surface area (Å²) in [4.78, 5) is 0. The van der Waals surface area contributed by atoms with Crippen LogP contribution < -0.4 is 10.1 Å². The van der Waals surface area contributed by atoms with E-state index in [9.17, 15) is 0 Å². The van der Waals surface area contributed by atoms with Gasteiger partial charge in [0, 0.05) is 11.1 Å². The molecule has 0 saturated carbocycles. The predicted octanol–water partition coefficient (Wildman–Crippen LogP) is 4.24. The van der Waals surface area contributed by atoms with E-state index in [4.69, 9.17) is 16.3 Å². The van der Waals surface area contributed by atoms with Gasteiger partial charge in [-0.05, 0) is 49.2 Å². The Morgan fingerprint density at radius 3 is 2.55 bits per heavy atom. The minimum Gasteiger partial charge on any atom is -0.496 e. The molecule has 0 spiro atoms. The SMILES string of the molecule is CNC(CCc1cc(Cl)ccc1OC)c1ccccc1. The number of halogens is 1. The van der Waals surface area contributed by atoms with Crippen LogP contribution in [-0.2, 0) is 6.42 Å². The van der Waals surface area contributed by atoms with Gasteiger partial charge in [0.2, 0.25) is 0 Å². The van der Waals surface area contributed by atoms with Gasteiger partial charge < -0.3 is 10.1 Å². The lowest BCUT2D eigenvalue weighted by atomic mass is 9.99. The van der Waals surface area contributed by atoms with Gasteiger partial charge in [0.15, 0.2) is 0 Å². The number of ether oxygens (including phenoxy) is 1. The first-order chi connectivity index (χ1) is 9.74. The maximum Gasteiger partial charge on any atom is 0.122 e. The van der Waals surface area contributed by atoms with E-state index in [-0.39, 0.29) is 0 Å². The first kappa shape index (κ1) is 14.9. The molecule has 1 atom stereocenters. The van der Waals surface area contributed by atoms with Crippen LogP contribution in [0.15, 0.2) is 48.5 Å². The Morgan fingerprint density at radius 2 is 1.90 bits per heavy atom. The predicted molar refractivity (Wildman–Crippen MR) is 84.6 cm³/mol. The monoisotopic (exact) mass is 289 g/mol. The number of hydrogen-bond acceptors (Lipinski definition) is 2. The molecule has 2 rings (SSSR count). The first-order valence-electron chi connectivity index (χ1n) is 6.79. The number of benzene rings is 2. The quantitative estimate of drug-likeness (QED) is 0.859. The molecule has 1 unspecified atom stereocenters. The molecule has 0 saturated heterocycles. The van der Waals surface area contributed by atoms with Crippen LogP contribution in [0.4, 0.5) is 0 Å². The molecule has 0 radical (unpaired) electrons. The van der Waals surface area contributed by atoms with Gasteiger partial charge in [-0.1, -0.05) is 41.9 Å². The van der Waals surface area contributed by atoms with Crippen molar-refractivity contribution in [1.29, 1.82) is 0 Å². The standard InChI is InChI=1S/C17H20ClNO/c1-19-16(13-6-4-3-5-7-13)10-8-14-12-15(18)9-11-17(14)20-2/h3-7,9,11-12,16,19H,8,10H2,1-2H3. The molecule has 0 aliphatic rings. The highest BCUT2D eigenvalue weighted by Gasteiger charge is 2.11. The second-order valence-electron chi connectivity index (χ2n) is 4.75. The van der Waals surface area contributed by atoms with Gasteiger partial charge in [-0.2, -0.15) is 0 Å². The molecule has 2 aromatic carbocycles. The Labute approximate surface area is 125 Å². The average molecular weight is 290 g/mol. The fourth-order valence-electron chi connectivity index (χ4n) is 2.41. The summed E-state index contributed by atoms with van der Waals surface area (Å²) in [6.45, 7) is 0. The molecule has 0 amide bonds. The third-order valence-electron chi connectivity index (χ3n) is 3.50. The van der Waals surface area contributed by atoms with Crippen LogP contribution in [-0.4, -0.2) is 14.2 Å². The molecule has 0 aliphatic heterocycles. The second-order valence-corrected chi connectivity index (χ2v) is 5.18. The van der Waals surface area contributed by atoms with Gasteiger partial charge in [-0.25, -0.2) is 0 Å². The van der Waals surface area contributed by atoms with E-state index in [2.05, 4.69) is 29.6 Å². The second kappa shape index (κ2) is 7.32. The van der Waals surface area contributed by atoms with E-state index >= 15 is 0 Å². The van der Waals surface area contributed by atoms with Crippen LogP contribution in [0.3, 0.4) is 0 Å². The van der Waals surface area contributed by atoms with Gasteiger partial charge in [0.05, 0.1) is 7.11 Å². The maximum atomic E-state index is 6.07. The summed E-state index contributed by atoms with van der Waals surface area (Å²) in [5, 5.41) is 4.12. The van der Waals surface area contributed by atoms with Gasteiger partial charge >= 0.3 is 0 Å². The molecule has 0 aliphatic carbocycles. The van der Waals surface area contributed by atoms with Crippen LogP contribution in [0.5, 0.6) is 5.75 Å². The van der Waals surface area contributed by atoms with Gasteiger partial charge in [0.1, 0.15) is 5.75 Å². The van der Waals surface area contributed by atoms with Crippen molar-refractivity contribution in [3.05, 3.63) is 64.7 Å². The number of aryl methyl sites for hydroxylation is 1. The molecule has 106 valence electrons. The smallest absolute Gasteiger partial charge is 0.122 e. The zero-order valence-corrected chi connectivity index (χ0v) is 12.7. The van der Waals surface area contributed by atoms with E-state index < -0.39 is 0 Å². The summed E-state index contributed by atoms with van der Waals surface area (Å²) in [5.74, 6) is 0.900. The van der Waals surface area contributed by atoms with Gasteiger partial charge in [-0.3, -0.25) is 0 Å². The number of nitrogens with one attached hydrogen (secondary N) is 1. The minimum absolute atomic E-state index is 0.333. The molecule has 0 bridgehead atoms. The van der Waals surface area contributed by atoms with Crippen molar-refractivity contribution in [1.82, 2.24) is 5.32 Å². The van der Waals surface area contributed by atoms with Crippen molar-refractivity contribution in [3.8, 4) is 5.75 Å². The fourth-order valence-corrected chi connectivity index (χ4v) is 2.60. The fraction of sp³-hybridized carbons (Fsp3) is 0.294. The van der Waals surface area contributed by atoms with Crippen LogP contribution in [0, 0.1) is 0 Å². The van der Waals surface area contributed by atoms with Crippen molar-refractivity contribution in [2.24, 2.45) is 0 Å². The third kappa shape index (κ3) is 3.75. The lowest BCUT2D eigenvalue weighted by molar-refractivity contribution is 0.407. The maximum absolute atomic E-state index is 6.07. The molecule has 0 aromatic heterocycles. The van der Waals surface area contributed by atoms with Crippen LogP contribution in [0.1, 0.15) is 23.6 Å². The van der Waals surface area contributed by atoms with Crippen LogP contribution in [0.25, 0.3) is 0 Å². The minimum atomic E-state index is 0.333. The van der Waals surface area contributed by atoms with Gasteiger partial charge in [0.25, 0.3) is 0 Å². The molecule has 1 N–H and O–H groups in total.